The van der Waals surface area contributed by atoms with Gasteiger partial charge in [0.25, 0.3) is 17.7 Å². The van der Waals surface area contributed by atoms with Crippen molar-refractivity contribution in [1.29, 1.82) is 0 Å². The van der Waals surface area contributed by atoms with Crippen LogP contribution in [0.5, 0.6) is 5.75 Å². The largest absolute Gasteiger partial charge is 0.490 e. The Kier molecular flexibility index (Phi) is 10.8. The van der Waals surface area contributed by atoms with Gasteiger partial charge in [0.15, 0.2) is 0 Å². The van der Waals surface area contributed by atoms with Gasteiger partial charge in [-0.1, -0.05) is 46.5 Å². The number of hydrogen-bond acceptors (Lipinski definition) is 6. The third kappa shape index (κ3) is 8.61. The van der Waals surface area contributed by atoms with Crippen LogP contribution in [0.3, 0.4) is 0 Å². The van der Waals surface area contributed by atoms with Gasteiger partial charge in [-0.2, -0.15) is 0 Å². The van der Waals surface area contributed by atoms with E-state index in [1.54, 1.807) is 43.3 Å². The number of rotatable bonds is 10. The van der Waals surface area contributed by atoms with Crippen LogP contribution in [-0.2, 0) is 14.4 Å². The maximum absolute atomic E-state index is 13.6. The van der Waals surface area contributed by atoms with Crippen LogP contribution < -0.4 is 4.74 Å². The quantitative estimate of drug-likeness (QED) is 0.203. The van der Waals surface area contributed by atoms with Crippen molar-refractivity contribution >= 4 is 29.8 Å². The fourth-order valence-corrected chi connectivity index (χ4v) is 5.36. The second kappa shape index (κ2) is 13.9. The van der Waals surface area contributed by atoms with Gasteiger partial charge in [-0.15, -0.1) is 0 Å². The number of amides is 4. The molecule has 1 aliphatic heterocycles. The minimum atomic E-state index is -0.673. The van der Waals surface area contributed by atoms with Crippen LogP contribution in [0, 0.1) is 17.3 Å². The van der Waals surface area contributed by atoms with E-state index in [4.69, 9.17) is 4.74 Å². The number of piperidine rings is 1. The number of hydrogen-bond donors (Lipinski definition) is 1. The van der Waals surface area contributed by atoms with E-state index < -0.39 is 17.2 Å². The van der Waals surface area contributed by atoms with Crippen molar-refractivity contribution in [2.24, 2.45) is 22.2 Å². The molecule has 1 aliphatic carbocycles. The number of ether oxygens (including phenoxy) is 1. The van der Waals surface area contributed by atoms with Crippen LogP contribution in [0.1, 0.15) is 76.1 Å². The molecule has 0 spiro atoms. The number of benzene rings is 1. The van der Waals surface area contributed by atoms with Crippen LogP contribution in [0.2, 0.25) is 0 Å². The second-order valence-corrected chi connectivity index (χ2v) is 12.2. The summed E-state index contributed by atoms with van der Waals surface area (Å²) in [7, 11) is 3.41. The maximum atomic E-state index is 13.6. The van der Waals surface area contributed by atoms with E-state index in [0.717, 1.165) is 25.7 Å². The van der Waals surface area contributed by atoms with Gasteiger partial charge in [0.1, 0.15) is 17.6 Å². The van der Waals surface area contributed by atoms with Crippen LogP contribution in [0.15, 0.2) is 29.3 Å². The first-order chi connectivity index (χ1) is 18.9. The molecule has 2 aliphatic rings. The van der Waals surface area contributed by atoms with Crippen molar-refractivity contribution in [3.8, 4) is 5.75 Å². The molecule has 40 heavy (non-hydrogen) atoms. The van der Waals surface area contributed by atoms with Crippen molar-refractivity contribution < 1.29 is 29.1 Å². The molecule has 10 heteroatoms. The van der Waals surface area contributed by atoms with Crippen molar-refractivity contribution in [1.82, 2.24) is 14.9 Å². The molecule has 2 fully saturated rings. The highest BCUT2D eigenvalue weighted by molar-refractivity contribution is 6.42. The molecule has 1 unspecified atom stereocenters. The standard InChI is InChI=1S/C30H44N4O6/c1-30(2,3)26(31-27(36)23(19-34(39)20-35)18-21-8-6-7-9-21)29(38)33-16-14-25(15-17-33)40-24-12-10-22(11-13-24)28(37)32(4)5/h10-13,20-21,23,25,39H,6-9,14-19H2,1-5H3. The van der Waals surface area contributed by atoms with Crippen LogP contribution in [0.25, 0.3) is 0 Å². The summed E-state index contributed by atoms with van der Waals surface area (Å²) in [6.07, 6.45) is 6.24. The van der Waals surface area contributed by atoms with E-state index >= 15 is 0 Å². The molecule has 1 saturated carbocycles. The first-order valence-electron chi connectivity index (χ1n) is 14.2. The van der Waals surface area contributed by atoms with Gasteiger partial charge in [0.05, 0.1) is 12.5 Å². The Bertz CT molecular complexity index is 1060. The van der Waals surface area contributed by atoms with E-state index in [2.05, 4.69) is 4.99 Å². The predicted molar refractivity (Wildman–Crippen MR) is 151 cm³/mol. The lowest BCUT2D eigenvalue weighted by Crippen LogP contribution is -2.48. The molecule has 220 valence electrons. The van der Waals surface area contributed by atoms with Crippen molar-refractivity contribution in [2.45, 2.75) is 71.8 Å². The number of carbonyl (C=O) groups excluding carboxylic acids is 4. The van der Waals surface area contributed by atoms with Gasteiger partial charge in [-0.05, 0) is 36.6 Å². The Morgan fingerprint density at radius 3 is 2.20 bits per heavy atom. The third-order valence-electron chi connectivity index (χ3n) is 7.65. The average molecular weight is 557 g/mol. The Hall–Kier alpha value is -3.27. The molecule has 0 radical (unpaired) electrons. The highest BCUT2D eigenvalue weighted by Crippen LogP contribution is 2.31. The van der Waals surface area contributed by atoms with Gasteiger partial charge < -0.3 is 14.5 Å². The summed E-state index contributed by atoms with van der Waals surface area (Å²) in [5, 5.41) is 10.3. The predicted octanol–water partition coefficient (Wildman–Crippen LogP) is 3.82. The molecule has 1 aromatic carbocycles. The summed E-state index contributed by atoms with van der Waals surface area (Å²) in [4.78, 5) is 57.7. The first-order valence-corrected chi connectivity index (χ1v) is 14.2. The summed E-state index contributed by atoms with van der Waals surface area (Å²) in [5.74, 6) is -0.467. The lowest BCUT2D eigenvalue weighted by molar-refractivity contribution is -0.154. The Morgan fingerprint density at radius 1 is 1.07 bits per heavy atom. The highest BCUT2D eigenvalue weighted by Gasteiger charge is 2.35. The summed E-state index contributed by atoms with van der Waals surface area (Å²) >= 11 is 0. The van der Waals surface area contributed by atoms with Gasteiger partial charge >= 0.3 is 0 Å². The first kappa shape index (κ1) is 31.3. The lowest BCUT2D eigenvalue weighted by Gasteiger charge is -2.34. The number of aliphatic imine (C=N–C) groups is 1. The van der Waals surface area contributed by atoms with E-state index in [1.807, 2.05) is 20.8 Å². The summed E-state index contributed by atoms with van der Waals surface area (Å²) in [5.41, 5.74) is 0.0995. The van der Waals surface area contributed by atoms with Gasteiger partial charge in [0.2, 0.25) is 6.41 Å². The van der Waals surface area contributed by atoms with Gasteiger partial charge in [-0.25, -0.2) is 10.1 Å². The molecule has 1 heterocycles. The fraction of sp³-hybridized carbons (Fsp3) is 0.633. The highest BCUT2D eigenvalue weighted by atomic mass is 16.5. The average Bonchev–Trinajstić information content (AvgIpc) is 3.43. The Morgan fingerprint density at radius 2 is 1.68 bits per heavy atom. The van der Waals surface area contributed by atoms with Crippen LogP contribution >= 0.6 is 0 Å². The summed E-state index contributed by atoms with van der Waals surface area (Å²) in [6.45, 7) is 6.35. The Balaban J connectivity index is 1.65. The monoisotopic (exact) mass is 556 g/mol. The molecule has 1 N–H and O–H groups in total. The fourth-order valence-electron chi connectivity index (χ4n) is 5.36. The van der Waals surface area contributed by atoms with Gasteiger partial charge in [0, 0.05) is 51.0 Å². The number of carbonyl (C=O) groups is 4. The molecular formula is C30H44N4O6. The molecule has 10 nitrogen and oxygen atoms in total. The maximum Gasteiger partial charge on any atom is 0.268 e. The molecular weight excluding hydrogens is 512 g/mol. The van der Waals surface area contributed by atoms with Crippen molar-refractivity contribution in [3.05, 3.63) is 29.8 Å². The van der Waals surface area contributed by atoms with Crippen LogP contribution in [-0.4, -0.2) is 89.7 Å². The van der Waals surface area contributed by atoms with Crippen molar-refractivity contribution in [2.75, 3.05) is 33.7 Å². The lowest BCUT2D eigenvalue weighted by atomic mass is 9.87. The van der Waals surface area contributed by atoms with E-state index in [0.29, 0.717) is 61.1 Å². The minimum absolute atomic E-state index is 0.0737. The van der Waals surface area contributed by atoms with Gasteiger partial charge in [-0.3, -0.25) is 24.4 Å². The Labute approximate surface area is 237 Å². The number of hydroxylamine groups is 2. The SMILES string of the molecule is CN(C)C(=O)c1ccc(OC2CCN(C(=O)C(=NC(=O)C(CC3CCCC3)CN(O)C=O)C(C)(C)C)CC2)cc1. The molecule has 4 amide bonds. The molecule has 0 bridgehead atoms. The van der Waals surface area contributed by atoms with E-state index in [9.17, 15) is 24.4 Å². The molecule has 1 saturated heterocycles. The molecule has 1 aromatic rings. The van der Waals surface area contributed by atoms with Crippen molar-refractivity contribution in [3.63, 3.8) is 0 Å². The minimum Gasteiger partial charge on any atom is -0.490 e. The zero-order chi connectivity index (χ0) is 29.4. The van der Waals surface area contributed by atoms with Crippen LogP contribution in [0.4, 0.5) is 0 Å². The topological polar surface area (TPSA) is 120 Å². The normalized spacial score (nSPS) is 17.9. The molecule has 3 rings (SSSR count). The number of nitrogens with zero attached hydrogens (tertiary/aromatic N) is 4. The second-order valence-electron chi connectivity index (χ2n) is 12.2. The van der Waals surface area contributed by atoms with E-state index in [-0.39, 0.29) is 30.2 Å². The molecule has 1 atom stereocenters. The van der Waals surface area contributed by atoms with E-state index in [1.165, 1.54) is 4.90 Å². The third-order valence-corrected chi connectivity index (χ3v) is 7.65. The number of likely N-dealkylation sites (tertiary alicyclic amines) is 1. The zero-order valence-corrected chi connectivity index (χ0v) is 24.5. The summed E-state index contributed by atoms with van der Waals surface area (Å²) in [6, 6.07) is 7.05. The summed E-state index contributed by atoms with van der Waals surface area (Å²) < 4.78 is 6.11. The zero-order valence-electron chi connectivity index (χ0n) is 24.5. The smallest absolute Gasteiger partial charge is 0.268 e. The molecule has 0 aromatic heterocycles.